The highest BCUT2D eigenvalue weighted by Gasteiger charge is 2.65. The number of nitriles is 1. The molecule has 0 atom stereocenters. The molecule has 1 aromatic carbocycles. The van der Waals surface area contributed by atoms with E-state index in [0.29, 0.717) is 11.5 Å². The summed E-state index contributed by atoms with van der Waals surface area (Å²) in [5, 5.41) is 9.11. The monoisotopic (exact) mass is 366 g/mol. The van der Waals surface area contributed by atoms with Crippen LogP contribution >= 0.6 is 0 Å². The molecule has 2 saturated heterocycles. The summed E-state index contributed by atoms with van der Waals surface area (Å²) in [7, 11) is -0.139. The minimum Gasteiger partial charge on any atom is -0.403 e. The highest BCUT2D eigenvalue weighted by atomic mass is 16.7. The Bertz CT molecular complexity index is 710. The molecule has 27 heavy (non-hydrogen) atoms. The van der Waals surface area contributed by atoms with Crippen molar-refractivity contribution in [2.45, 2.75) is 76.3 Å². The zero-order chi connectivity index (χ0) is 19.3. The maximum atomic E-state index is 9.04. The van der Waals surface area contributed by atoms with E-state index in [1.807, 2.05) is 12.1 Å². The van der Waals surface area contributed by atoms with Gasteiger partial charge in [-0.05, 0) is 57.9 Å². The van der Waals surface area contributed by atoms with E-state index >= 15 is 0 Å². The summed E-state index contributed by atoms with van der Waals surface area (Å²) in [4.78, 5) is 2.42. The molecular formula is C22H31BN2O2. The van der Waals surface area contributed by atoms with E-state index in [-0.39, 0.29) is 23.6 Å². The minimum absolute atomic E-state index is 0.0688. The number of rotatable bonds is 3. The zero-order valence-electron chi connectivity index (χ0n) is 17.1. The number of nitrogens with zero attached hydrogens (tertiary/aromatic N) is 2. The van der Waals surface area contributed by atoms with Crippen molar-refractivity contribution in [2.75, 3.05) is 18.0 Å². The number of benzene rings is 1. The molecule has 1 aromatic rings. The lowest BCUT2D eigenvalue weighted by Crippen LogP contribution is -2.63. The van der Waals surface area contributed by atoms with Crippen LogP contribution in [0, 0.1) is 17.2 Å². The van der Waals surface area contributed by atoms with Crippen molar-refractivity contribution in [3.63, 3.8) is 0 Å². The zero-order valence-corrected chi connectivity index (χ0v) is 17.1. The average molecular weight is 366 g/mol. The Balaban J connectivity index is 1.57. The normalized spacial score (nSPS) is 26.5. The van der Waals surface area contributed by atoms with Crippen molar-refractivity contribution in [3.8, 4) is 6.07 Å². The van der Waals surface area contributed by atoms with Crippen LogP contribution in [0.5, 0.6) is 0 Å². The topological polar surface area (TPSA) is 45.5 Å². The van der Waals surface area contributed by atoms with Gasteiger partial charge in [-0.1, -0.05) is 32.1 Å². The van der Waals surface area contributed by atoms with Crippen LogP contribution in [0.15, 0.2) is 24.3 Å². The van der Waals surface area contributed by atoms with E-state index in [4.69, 9.17) is 14.6 Å². The largest absolute Gasteiger partial charge is 0.468 e. The van der Waals surface area contributed by atoms with Crippen LogP contribution in [0.3, 0.4) is 0 Å². The molecule has 1 aliphatic carbocycles. The van der Waals surface area contributed by atoms with Gasteiger partial charge in [-0.3, -0.25) is 0 Å². The summed E-state index contributed by atoms with van der Waals surface area (Å²) in [6, 6.07) is 10.1. The molecule has 0 radical (unpaired) electrons. The van der Waals surface area contributed by atoms with Gasteiger partial charge < -0.3 is 14.2 Å². The minimum atomic E-state index is -0.284. The Kier molecular flexibility index (Phi) is 4.56. The van der Waals surface area contributed by atoms with E-state index < -0.39 is 0 Å². The fourth-order valence-electron chi connectivity index (χ4n) is 4.95. The lowest BCUT2D eigenvalue weighted by atomic mass is 9.45. The Morgan fingerprint density at radius 3 is 2.04 bits per heavy atom. The maximum Gasteiger partial charge on any atom is 0.468 e. The molecule has 3 fully saturated rings. The third-order valence-corrected chi connectivity index (χ3v) is 7.47. The van der Waals surface area contributed by atoms with Gasteiger partial charge in [-0.15, -0.1) is 0 Å². The molecule has 4 rings (SSSR count). The van der Waals surface area contributed by atoms with Crippen molar-refractivity contribution in [1.82, 2.24) is 0 Å². The lowest BCUT2D eigenvalue weighted by Gasteiger charge is -2.56. The molecule has 0 N–H and O–H groups in total. The molecule has 0 unspecified atom stereocenters. The molecule has 1 saturated carbocycles. The van der Waals surface area contributed by atoms with Crippen molar-refractivity contribution < 1.29 is 9.31 Å². The van der Waals surface area contributed by atoms with Gasteiger partial charge in [0, 0.05) is 24.1 Å². The third-order valence-electron chi connectivity index (χ3n) is 7.47. The molecule has 0 spiro atoms. The molecule has 4 nitrogen and oxygen atoms in total. The van der Waals surface area contributed by atoms with E-state index in [1.165, 1.54) is 37.8 Å². The van der Waals surface area contributed by atoms with Gasteiger partial charge in [0.1, 0.15) is 0 Å². The Labute approximate surface area is 164 Å². The van der Waals surface area contributed by atoms with E-state index in [9.17, 15) is 0 Å². The summed E-state index contributed by atoms with van der Waals surface area (Å²) in [6.07, 6.45) is 6.57. The highest BCUT2D eigenvalue weighted by Crippen LogP contribution is 2.58. The maximum absolute atomic E-state index is 9.04. The quantitative estimate of drug-likeness (QED) is 0.722. The summed E-state index contributed by atoms with van der Waals surface area (Å²) in [5.74, 6) is 0.663. The Hall–Kier alpha value is -1.51. The molecular weight excluding hydrogens is 335 g/mol. The van der Waals surface area contributed by atoms with Crippen molar-refractivity contribution in [1.29, 1.82) is 5.26 Å². The first-order valence-electron chi connectivity index (χ1n) is 10.4. The predicted molar refractivity (Wildman–Crippen MR) is 109 cm³/mol. The van der Waals surface area contributed by atoms with Crippen LogP contribution in [0.25, 0.3) is 0 Å². The lowest BCUT2D eigenvalue weighted by molar-refractivity contribution is 0.00578. The molecule has 0 amide bonds. The van der Waals surface area contributed by atoms with Crippen molar-refractivity contribution >= 4 is 12.8 Å². The molecule has 144 valence electrons. The fourth-order valence-corrected chi connectivity index (χ4v) is 4.95. The summed E-state index contributed by atoms with van der Waals surface area (Å²) < 4.78 is 13.1. The summed E-state index contributed by atoms with van der Waals surface area (Å²) in [5.41, 5.74) is 1.34. The molecule has 2 heterocycles. The second-order valence-corrected chi connectivity index (χ2v) is 9.67. The number of hydrogen-bond donors (Lipinski definition) is 0. The van der Waals surface area contributed by atoms with Gasteiger partial charge >= 0.3 is 7.12 Å². The summed E-state index contributed by atoms with van der Waals surface area (Å²) >= 11 is 0. The average Bonchev–Trinajstić information content (AvgIpc) is 2.83. The van der Waals surface area contributed by atoms with Gasteiger partial charge in [-0.25, -0.2) is 0 Å². The summed E-state index contributed by atoms with van der Waals surface area (Å²) in [6.45, 7) is 10.6. The van der Waals surface area contributed by atoms with Crippen LogP contribution in [0.4, 0.5) is 5.69 Å². The van der Waals surface area contributed by atoms with Gasteiger partial charge in [0.05, 0.1) is 22.8 Å². The third kappa shape index (κ3) is 3.07. The second kappa shape index (κ2) is 6.53. The first-order chi connectivity index (χ1) is 12.8. The standard InChI is InChI=1S/C22H31BN2O2/c1-20(2)21(3,4)27-23(26-20)22(18-8-6-5-7-9-18)15-25(16-22)19-12-10-17(14-24)11-13-19/h10-13,18H,5-9,15-16H2,1-4H3. The van der Waals surface area contributed by atoms with Gasteiger partial charge in [0.2, 0.25) is 0 Å². The van der Waals surface area contributed by atoms with Crippen LogP contribution in [0.1, 0.15) is 65.4 Å². The predicted octanol–water partition coefficient (Wildman–Crippen LogP) is 4.79. The van der Waals surface area contributed by atoms with E-state index in [2.05, 4.69) is 50.8 Å². The van der Waals surface area contributed by atoms with Gasteiger partial charge in [-0.2, -0.15) is 5.26 Å². The SMILES string of the molecule is CC1(C)OB(C2(C3CCCCC3)CN(c3ccc(C#N)cc3)C2)OC1(C)C. The molecule has 3 aliphatic rings. The first-order valence-corrected chi connectivity index (χ1v) is 10.4. The number of anilines is 1. The Morgan fingerprint density at radius 2 is 1.52 bits per heavy atom. The molecule has 0 bridgehead atoms. The fraction of sp³-hybridized carbons (Fsp3) is 0.682. The van der Waals surface area contributed by atoms with Crippen LogP contribution in [0.2, 0.25) is 5.31 Å². The van der Waals surface area contributed by atoms with E-state index in [1.54, 1.807) is 0 Å². The van der Waals surface area contributed by atoms with Crippen LogP contribution < -0.4 is 4.90 Å². The van der Waals surface area contributed by atoms with Crippen molar-refractivity contribution in [3.05, 3.63) is 29.8 Å². The van der Waals surface area contributed by atoms with Crippen LogP contribution in [-0.4, -0.2) is 31.4 Å². The molecule has 2 aliphatic heterocycles. The molecule has 0 aromatic heterocycles. The van der Waals surface area contributed by atoms with E-state index in [0.717, 1.165) is 13.1 Å². The first kappa shape index (κ1) is 18.8. The Morgan fingerprint density at radius 1 is 0.963 bits per heavy atom. The van der Waals surface area contributed by atoms with Gasteiger partial charge in [0.15, 0.2) is 0 Å². The van der Waals surface area contributed by atoms with Crippen LogP contribution in [-0.2, 0) is 9.31 Å². The molecule has 5 heteroatoms. The van der Waals surface area contributed by atoms with Crippen molar-refractivity contribution in [2.24, 2.45) is 5.92 Å². The van der Waals surface area contributed by atoms with Gasteiger partial charge in [0.25, 0.3) is 0 Å². The highest BCUT2D eigenvalue weighted by molar-refractivity contribution is 6.51. The number of hydrogen-bond acceptors (Lipinski definition) is 4. The smallest absolute Gasteiger partial charge is 0.403 e. The second-order valence-electron chi connectivity index (χ2n) is 9.67.